The number of hydrogen-bond acceptors (Lipinski definition) is 4. The van der Waals surface area contributed by atoms with Crippen LogP contribution in [0, 0.1) is 11.3 Å². The predicted molar refractivity (Wildman–Crippen MR) is 58.2 cm³/mol. The molecular formula is C11H10N4O. The zero-order valence-electron chi connectivity index (χ0n) is 8.40. The number of rotatable bonds is 1. The molecule has 1 aromatic rings. The van der Waals surface area contributed by atoms with Gasteiger partial charge >= 0.3 is 0 Å². The molecule has 80 valence electrons. The van der Waals surface area contributed by atoms with Crippen LogP contribution in [0.2, 0.25) is 0 Å². The predicted octanol–water partition coefficient (Wildman–Crippen LogP) is -0.117. The number of carbonyl (C=O) groups excluding carboxylic acids is 1. The Balaban J connectivity index is 2.52. The molecule has 0 bridgehead atoms. The second kappa shape index (κ2) is 4.04. The topological polar surface area (TPSA) is 90.9 Å². The minimum Gasteiger partial charge on any atom is -0.351 e. The second-order valence-electron chi connectivity index (χ2n) is 3.32. The van der Waals surface area contributed by atoms with Crippen LogP contribution in [0.15, 0.2) is 35.9 Å². The number of nitrogens with zero attached hydrogens (tertiary/aromatic N) is 1. The Kier molecular flexibility index (Phi) is 2.58. The monoisotopic (exact) mass is 214 g/mol. The molecule has 0 aliphatic carbocycles. The smallest absolute Gasteiger partial charge is 0.266 e. The van der Waals surface area contributed by atoms with E-state index >= 15 is 0 Å². The summed E-state index contributed by atoms with van der Waals surface area (Å²) in [5.41, 5.74) is 6.87. The number of benzene rings is 1. The standard InChI is InChI=1S/C11H10N4O/c12-6-8-9(7-4-2-1-3-5-7)14-11(13)15-10(8)16/h1-5,11,14H,13H2,(H,15,16). The highest BCUT2D eigenvalue weighted by Crippen LogP contribution is 2.18. The van der Waals surface area contributed by atoms with E-state index in [9.17, 15) is 4.79 Å². The van der Waals surface area contributed by atoms with Gasteiger partial charge in [0.15, 0.2) is 6.29 Å². The largest absolute Gasteiger partial charge is 0.351 e. The van der Waals surface area contributed by atoms with E-state index in [1.165, 1.54) is 0 Å². The first-order chi connectivity index (χ1) is 7.72. The minimum atomic E-state index is -0.667. The van der Waals surface area contributed by atoms with Gasteiger partial charge in [0, 0.05) is 0 Å². The van der Waals surface area contributed by atoms with Gasteiger partial charge in [-0.1, -0.05) is 30.3 Å². The Morgan fingerprint density at radius 2 is 1.94 bits per heavy atom. The molecule has 1 aromatic carbocycles. The van der Waals surface area contributed by atoms with Crippen molar-refractivity contribution in [2.75, 3.05) is 0 Å². The summed E-state index contributed by atoms with van der Waals surface area (Å²) in [5, 5.41) is 14.2. The third-order valence-electron chi connectivity index (χ3n) is 2.24. The molecule has 2 rings (SSSR count). The zero-order chi connectivity index (χ0) is 11.5. The molecule has 4 N–H and O–H groups in total. The summed E-state index contributed by atoms with van der Waals surface area (Å²) in [6.45, 7) is 0. The van der Waals surface area contributed by atoms with E-state index in [1.807, 2.05) is 36.4 Å². The highest BCUT2D eigenvalue weighted by Gasteiger charge is 2.24. The normalized spacial score (nSPS) is 19.8. The van der Waals surface area contributed by atoms with Gasteiger partial charge in [0.25, 0.3) is 5.91 Å². The summed E-state index contributed by atoms with van der Waals surface area (Å²) < 4.78 is 0. The van der Waals surface area contributed by atoms with Crippen LogP contribution >= 0.6 is 0 Å². The lowest BCUT2D eigenvalue weighted by molar-refractivity contribution is -0.118. The molecule has 1 aliphatic heterocycles. The van der Waals surface area contributed by atoms with Crippen LogP contribution in [0.5, 0.6) is 0 Å². The van der Waals surface area contributed by atoms with Gasteiger partial charge in [0.2, 0.25) is 0 Å². The Labute approximate surface area is 92.6 Å². The lowest BCUT2D eigenvalue weighted by atomic mass is 10.1. The second-order valence-corrected chi connectivity index (χ2v) is 3.32. The van der Waals surface area contributed by atoms with Gasteiger partial charge in [-0.05, 0) is 5.56 Å². The van der Waals surface area contributed by atoms with E-state index in [4.69, 9.17) is 11.0 Å². The first-order valence-corrected chi connectivity index (χ1v) is 4.75. The number of hydrogen-bond donors (Lipinski definition) is 3. The molecule has 5 nitrogen and oxygen atoms in total. The average molecular weight is 214 g/mol. The summed E-state index contributed by atoms with van der Waals surface area (Å²) in [5.74, 6) is -0.451. The van der Waals surface area contributed by atoms with E-state index in [0.717, 1.165) is 5.56 Å². The van der Waals surface area contributed by atoms with Gasteiger partial charge in [-0.15, -0.1) is 0 Å². The molecule has 0 radical (unpaired) electrons. The van der Waals surface area contributed by atoms with Crippen molar-refractivity contribution in [1.82, 2.24) is 10.6 Å². The van der Waals surface area contributed by atoms with Crippen molar-refractivity contribution in [2.24, 2.45) is 5.73 Å². The van der Waals surface area contributed by atoms with Crippen LogP contribution in [0.4, 0.5) is 0 Å². The Hall–Kier alpha value is -2.32. The molecule has 1 aliphatic rings. The van der Waals surface area contributed by atoms with Crippen molar-refractivity contribution >= 4 is 11.6 Å². The van der Waals surface area contributed by atoms with Crippen LogP contribution in [0.3, 0.4) is 0 Å². The Morgan fingerprint density at radius 3 is 2.56 bits per heavy atom. The summed E-state index contributed by atoms with van der Waals surface area (Å²) in [4.78, 5) is 11.5. The highest BCUT2D eigenvalue weighted by atomic mass is 16.2. The highest BCUT2D eigenvalue weighted by molar-refractivity contribution is 6.06. The van der Waals surface area contributed by atoms with Crippen molar-refractivity contribution in [1.29, 1.82) is 5.26 Å². The quantitative estimate of drug-likeness (QED) is 0.608. The fraction of sp³-hybridized carbons (Fsp3) is 0.0909. The van der Waals surface area contributed by atoms with Gasteiger partial charge in [0.05, 0.1) is 5.70 Å². The molecule has 0 aromatic heterocycles. The van der Waals surface area contributed by atoms with Gasteiger partial charge in [-0.3, -0.25) is 10.5 Å². The van der Waals surface area contributed by atoms with Crippen LogP contribution in [-0.4, -0.2) is 12.2 Å². The number of amides is 1. The third-order valence-corrected chi connectivity index (χ3v) is 2.24. The maximum absolute atomic E-state index is 11.5. The van der Waals surface area contributed by atoms with E-state index < -0.39 is 12.2 Å². The van der Waals surface area contributed by atoms with Gasteiger partial charge in [-0.25, -0.2) is 0 Å². The molecular weight excluding hydrogens is 204 g/mol. The lowest BCUT2D eigenvalue weighted by Gasteiger charge is -2.25. The molecule has 1 atom stereocenters. The molecule has 1 unspecified atom stereocenters. The van der Waals surface area contributed by atoms with Crippen molar-refractivity contribution in [3.05, 3.63) is 41.5 Å². The van der Waals surface area contributed by atoms with Gasteiger partial charge in [-0.2, -0.15) is 5.26 Å². The first-order valence-electron chi connectivity index (χ1n) is 4.75. The summed E-state index contributed by atoms with van der Waals surface area (Å²) >= 11 is 0. The van der Waals surface area contributed by atoms with Crippen LogP contribution in [0.25, 0.3) is 5.70 Å². The van der Waals surface area contributed by atoms with Crippen LogP contribution < -0.4 is 16.4 Å². The first kappa shape index (κ1) is 10.2. The number of nitriles is 1. The van der Waals surface area contributed by atoms with Crippen LogP contribution in [0.1, 0.15) is 5.56 Å². The van der Waals surface area contributed by atoms with Crippen molar-refractivity contribution < 1.29 is 4.79 Å². The van der Waals surface area contributed by atoms with Crippen molar-refractivity contribution in [3.63, 3.8) is 0 Å². The maximum atomic E-state index is 11.5. The summed E-state index contributed by atoms with van der Waals surface area (Å²) in [7, 11) is 0. The maximum Gasteiger partial charge on any atom is 0.266 e. The Bertz CT molecular complexity index is 486. The zero-order valence-corrected chi connectivity index (χ0v) is 8.40. The van der Waals surface area contributed by atoms with Crippen molar-refractivity contribution in [3.8, 4) is 6.07 Å². The number of nitrogens with one attached hydrogen (secondary N) is 2. The van der Waals surface area contributed by atoms with Gasteiger partial charge in [0.1, 0.15) is 11.6 Å². The lowest BCUT2D eigenvalue weighted by Crippen LogP contribution is -2.55. The fourth-order valence-corrected chi connectivity index (χ4v) is 1.53. The molecule has 0 saturated carbocycles. The van der Waals surface area contributed by atoms with Crippen LogP contribution in [-0.2, 0) is 4.79 Å². The van der Waals surface area contributed by atoms with Gasteiger partial charge < -0.3 is 10.6 Å². The van der Waals surface area contributed by atoms with E-state index in [1.54, 1.807) is 0 Å². The molecule has 16 heavy (non-hydrogen) atoms. The summed E-state index contributed by atoms with van der Waals surface area (Å²) in [6, 6.07) is 11.0. The molecule has 1 amide bonds. The SMILES string of the molecule is N#CC1=C(c2ccccc2)NC(N)NC1=O. The van der Waals surface area contributed by atoms with E-state index in [0.29, 0.717) is 5.70 Å². The summed E-state index contributed by atoms with van der Waals surface area (Å²) in [6.07, 6.45) is -0.667. The average Bonchev–Trinajstić information content (AvgIpc) is 2.29. The van der Waals surface area contributed by atoms with E-state index in [-0.39, 0.29) is 5.57 Å². The molecule has 1 heterocycles. The minimum absolute atomic E-state index is 0.0490. The molecule has 0 spiro atoms. The Morgan fingerprint density at radius 1 is 1.25 bits per heavy atom. The molecule has 5 heteroatoms. The van der Waals surface area contributed by atoms with E-state index in [2.05, 4.69) is 10.6 Å². The third kappa shape index (κ3) is 1.74. The molecule has 0 fully saturated rings. The molecule has 0 saturated heterocycles. The number of nitrogens with two attached hydrogens (primary N) is 1. The number of carbonyl (C=O) groups is 1. The fourth-order valence-electron chi connectivity index (χ4n) is 1.53. The van der Waals surface area contributed by atoms with Crippen molar-refractivity contribution in [2.45, 2.75) is 6.29 Å².